The molecule has 1 fully saturated rings. The Morgan fingerprint density at radius 3 is 3.00 bits per heavy atom. The van der Waals surface area contributed by atoms with Crippen LogP contribution in [0.5, 0.6) is 0 Å². The van der Waals surface area contributed by atoms with E-state index in [4.69, 9.17) is 4.74 Å². The van der Waals surface area contributed by atoms with Crippen molar-refractivity contribution in [3.8, 4) is 0 Å². The molecule has 2 radical (unpaired) electrons. The van der Waals surface area contributed by atoms with Gasteiger partial charge in [0, 0.05) is 0 Å². The summed E-state index contributed by atoms with van der Waals surface area (Å²) in [6.45, 7) is 6.41. The fraction of sp³-hybridized carbons (Fsp3) is 0.727. The fourth-order valence-corrected chi connectivity index (χ4v) is 1.65. The van der Waals surface area contributed by atoms with Crippen molar-refractivity contribution in [3.63, 3.8) is 0 Å². The molecular formula is C11H18O2. The van der Waals surface area contributed by atoms with Gasteiger partial charge in [0.2, 0.25) is 0 Å². The second-order valence-electron chi connectivity index (χ2n) is 3.64. The summed E-state index contributed by atoms with van der Waals surface area (Å²) in [6.07, 6.45) is 5.86. The van der Waals surface area contributed by atoms with Crippen LogP contribution >= 0.6 is 0 Å². The summed E-state index contributed by atoms with van der Waals surface area (Å²) in [6, 6.07) is 0. The molecule has 1 aliphatic rings. The molecule has 0 saturated heterocycles. The third kappa shape index (κ3) is 3.02. The molecule has 2 heteroatoms. The Morgan fingerprint density at radius 2 is 2.46 bits per heavy atom. The van der Waals surface area contributed by atoms with E-state index in [1.807, 2.05) is 6.92 Å². The van der Waals surface area contributed by atoms with E-state index in [2.05, 4.69) is 13.3 Å². The minimum atomic E-state index is -0.0437. The number of esters is 1. The van der Waals surface area contributed by atoms with Crippen LogP contribution in [0.25, 0.3) is 0 Å². The zero-order valence-corrected chi connectivity index (χ0v) is 8.29. The molecule has 0 heterocycles. The van der Waals surface area contributed by atoms with E-state index in [0.717, 1.165) is 25.7 Å². The van der Waals surface area contributed by atoms with Crippen LogP contribution in [-0.2, 0) is 9.53 Å². The largest absolute Gasteiger partial charge is 0.465 e. The van der Waals surface area contributed by atoms with Crippen molar-refractivity contribution < 1.29 is 9.53 Å². The minimum absolute atomic E-state index is 0.0401. The van der Waals surface area contributed by atoms with E-state index in [1.54, 1.807) is 0 Å². The van der Waals surface area contributed by atoms with Crippen LogP contribution < -0.4 is 0 Å². The maximum Gasteiger partial charge on any atom is 0.309 e. The van der Waals surface area contributed by atoms with Crippen molar-refractivity contribution in [2.24, 2.45) is 11.8 Å². The zero-order valence-electron chi connectivity index (χ0n) is 8.29. The lowest BCUT2D eigenvalue weighted by Gasteiger charge is -2.09. The molecule has 0 bridgehead atoms. The second-order valence-corrected chi connectivity index (χ2v) is 3.64. The SMILES string of the molecule is [CH2]CC1C[CH]C(C(=O)OCCC)C1. The van der Waals surface area contributed by atoms with E-state index >= 15 is 0 Å². The second kappa shape index (κ2) is 5.25. The molecule has 0 aliphatic heterocycles. The van der Waals surface area contributed by atoms with Crippen molar-refractivity contribution in [2.45, 2.75) is 32.6 Å². The maximum atomic E-state index is 11.4. The number of hydrogen-bond donors (Lipinski definition) is 0. The van der Waals surface area contributed by atoms with Crippen molar-refractivity contribution in [2.75, 3.05) is 6.61 Å². The third-order valence-electron chi connectivity index (χ3n) is 2.50. The summed E-state index contributed by atoms with van der Waals surface area (Å²) in [5.41, 5.74) is 0. The molecule has 13 heavy (non-hydrogen) atoms. The predicted molar refractivity (Wildman–Crippen MR) is 51.7 cm³/mol. The molecule has 2 nitrogen and oxygen atoms in total. The third-order valence-corrected chi connectivity index (χ3v) is 2.50. The van der Waals surface area contributed by atoms with E-state index in [9.17, 15) is 4.79 Å². The molecular weight excluding hydrogens is 164 g/mol. The van der Waals surface area contributed by atoms with Crippen molar-refractivity contribution >= 4 is 5.97 Å². The fourth-order valence-electron chi connectivity index (χ4n) is 1.65. The normalized spacial score (nSPS) is 27.5. The quantitative estimate of drug-likeness (QED) is 0.624. The smallest absolute Gasteiger partial charge is 0.309 e. The van der Waals surface area contributed by atoms with Gasteiger partial charge in [-0.25, -0.2) is 0 Å². The molecule has 0 spiro atoms. The number of ether oxygens (including phenoxy) is 1. The van der Waals surface area contributed by atoms with Gasteiger partial charge in [0.1, 0.15) is 0 Å². The van der Waals surface area contributed by atoms with Gasteiger partial charge in [-0.15, -0.1) is 0 Å². The van der Waals surface area contributed by atoms with Crippen LogP contribution in [-0.4, -0.2) is 12.6 Å². The molecule has 0 aromatic rings. The highest BCUT2D eigenvalue weighted by Gasteiger charge is 2.29. The van der Waals surface area contributed by atoms with Crippen molar-refractivity contribution in [1.29, 1.82) is 0 Å². The van der Waals surface area contributed by atoms with Gasteiger partial charge in [-0.2, -0.15) is 0 Å². The van der Waals surface area contributed by atoms with Gasteiger partial charge < -0.3 is 4.74 Å². The zero-order chi connectivity index (χ0) is 9.68. The van der Waals surface area contributed by atoms with Crippen LogP contribution in [0.2, 0.25) is 0 Å². The summed E-state index contributed by atoms with van der Waals surface area (Å²) in [5, 5.41) is 0. The van der Waals surface area contributed by atoms with E-state index in [1.165, 1.54) is 0 Å². The van der Waals surface area contributed by atoms with Crippen LogP contribution in [0.3, 0.4) is 0 Å². The summed E-state index contributed by atoms with van der Waals surface area (Å²) < 4.78 is 5.08. The van der Waals surface area contributed by atoms with Gasteiger partial charge >= 0.3 is 5.97 Å². The highest BCUT2D eigenvalue weighted by atomic mass is 16.5. The Hall–Kier alpha value is -0.530. The summed E-state index contributed by atoms with van der Waals surface area (Å²) in [5.74, 6) is 0.593. The van der Waals surface area contributed by atoms with Crippen LogP contribution in [0.15, 0.2) is 0 Å². The Kier molecular flexibility index (Phi) is 4.26. The first-order valence-electron chi connectivity index (χ1n) is 5.07. The first-order chi connectivity index (χ1) is 6.27. The Bertz CT molecular complexity index is 165. The van der Waals surface area contributed by atoms with Gasteiger partial charge in [-0.05, 0) is 31.6 Å². The van der Waals surface area contributed by atoms with Gasteiger partial charge in [0.15, 0.2) is 0 Å². The maximum absolute atomic E-state index is 11.4. The predicted octanol–water partition coefficient (Wildman–Crippen LogP) is 2.39. The Balaban J connectivity index is 2.25. The average molecular weight is 182 g/mol. The van der Waals surface area contributed by atoms with Gasteiger partial charge in [-0.1, -0.05) is 20.3 Å². The lowest BCUT2D eigenvalue weighted by molar-refractivity contribution is -0.147. The van der Waals surface area contributed by atoms with Gasteiger partial charge in [-0.3, -0.25) is 4.79 Å². The highest BCUT2D eigenvalue weighted by molar-refractivity contribution is 5.74. The van der Waals surface area contributed by atoms with Crippen LogP contribution in [0.1, 0.15) is 32.6 Å². The first kappa shape index (κ1) is 10.6. The van der Waals surface area contributed by atoms with E-state index < -0.39 is 0 Å². The lowest BCUT2D eigenvalue weighted by Crippen LogP contribution is -2.15. The van der Waals surface area contributed by atoms with Gasteiger partial charge in [0.25, 0.3) is 0 Å². The lowest BCUT2D eigenvalue weighted by atomic mass is 10.0. The number of rotatable bonds is 4. The first-order valence-corrected chi connectivity index (χ1v) is 5.07. The van der Waals surface area contributed by atoms with Crippen LogP contribution in [0, 0.1) is 25.2 Å². The Morgan fingerprint density at radius 1 is 1.69 bits per heavy atom. The summed E-state index contributed by atoms with van der Waals surface area (Å²) >= 11 is 0. The van der Waals surface area contributed by atoms with E-state index in [0.29, 0.717) is 12.5 Å². The molecule has 1 aliphatic carbocycles. The number of carbonyl (C=O) groups is 1. The van der Waals surface area contributed by atoms with Crippen molar-refractivity contribution in [3.05, 3.63) is 13.3 Å². The standard InChI is InChI=1S/C11H18O2/c1-3-7-13-11(12)10-6-5-9(4-2)8-10/h6,9-10H,2-5,7-8H2,1H3. The molecule has 74 valence electrons. The molecule has 1 saturated carbocycles. The summed E-state index contributed by atoms with van der Waals surface area (Å²) in [4.78, 5) is 11.4. The molecule has 0 aromatic carbocycles. The van der Waals surface area contributed by atoms with E-state index in [-0.39, 0.29) is 11.9 Å². The number of carbonyl (C=O) groups excluding carboxylic acids is 1. The molecule has 0 aromatic heterocycles. The molecule has 1 rings (SSSR count). The minimum Gasteiger partial charge on any atom is -0.465 e. The van der Waals surface area contributed by atoms with Crippen LogP contribution in [0.4, 0.5) is 0 Å². The summed E-state index contributed by atoms with van der Waals surface area (Å²) in [7, 11) is 0. The monoisotopic (exact) mass is 182 g/mol. The Labute approximate surface area is 80.7 Å². The molecule has 0 amide bonds. The topological polar surface area (TPSA) is 26.3 Å². The number of hydrogen-bond acceptors (Lipinski definition) is 2. The molecule has 0 N–H and O–H groups in total. The average Bonchev–Trinajstić information content (AvgIpc) is 2.62. The van der Waals surface area contributed by atoms with Gasteiger partial charge in [0.05, 0.1) is 12.5 Å². The van der Waals surface area contributed by atoms with Crippen molar-refractivity contribution in [1.82, 2.24) is 0 Å². The molecule has 2 atom stereocenters. The highest BCUT2D eigenvalue weighted by Crippen LogP contribution is 2.32. The molecule has 2 unspecified atom stereocenters.